The number of benzene rings is 1. The fourth-order valence-electron chi connectivity index (χ4n) is 1.41. The molecule has 1 aromatic carbocycles. The van der Waals surface area contributed by atoms with Crippen molar-refractivity contribution in [3.05, 3.63) is 42.7 Å². The van der Waals surface area contributed by atoms with Gasteiger partial charge in [-0.2, -0.15) is 13.2 Å². The number of anilines is 1. The summed E-state index contributed by atoms with van der Waals surface area (Å²) in [4.78, 5) is 18.7. The Balaban J connectivity index is 1.95. The van der Waals surface area contributed by atoms with E-state index in [-0.39, 0.29) is 11.7 Å². The second-order valence-corrected chi connectivity index (χ2v) is 4.01. The molecule has 8 heteroatoms. The standard InChI is InChI=1S/C13H10F3N3O2/c14-13(15,16)6-11(20)19-9-7-17-12(18-8-9)21-10-4-2-1-3-5-10/h1-5,7-8H,6H2,(H,19,20). The third-order valence-corrected chi connectivity index (χ3v) is 2.23. The first-order chi connectivity index (χ1) is 9.92. The molecule has 0 aliphatic heterocycles. The Bertz CT molecular complexity index is 600. The van der Waals surface area contributed by atoms with Crippen LogP contribution in [0.4, 0.5) is 18.9 Å². The lowest BCUT2D eigenvalue weighted by Gasteiger charge is -2.08. The number of alkyl halides is 3. The second-order valence-electron chi connectivity index (χ2n) is 4.01. The Morgan fingerprint density at radius 2 is 1.76 bits per heavy atom. The van der Waals surface area contributed by atoms with Crippen LogP contribution in [0.5, 0.6) is 11.8 Å². The summed E-state index contributed by atoms with van der Waals surface area (Å²) in [5.41, 5.74) is 0.0599. The minimum atomic E-state index is -4.55. The van der Waals surface area contributed by atoms with Crippen molar-refractivity contribution in [3.8, 4) is 11.8 Å². The van der Waals surface area contributed by atoms with Gasteiger partial charge < -0.3 is 10.1 Å². The highest BCUT2D eigenvalue weighted by Crippen LogP contribution is 2.21. The molecule has 0 radical (unpaired) electrons. The van der Waals surface area contributed by atoms with Crippen molar-refractivity contribution in [2.45, 2.75) is 12.6 Å². The molecular weight excluding hydrogens is 287 g/mol. The number of para-hydroxylation sites is 1. The number of halogens is 3. The van der Waals surface area contributed by atoms with Crippen LogP contribution in [-0.4, -0.2) is 22.1 Å². The highest BCUT2D eigenvalue weighted by molar-refractivity contribution is 5.90. The number of hydrogen-bond acceptors (Lipinski definition) is 4. The lowest BCUT2D eigenvalue weighted by Crippen LogP contribution is -2.21. The smallest absolute Gasteiger partial charge is 0.397 e. The number of ether oxygens (including phenoxy) is 1. The summed E-state index contributed by atoms with van der Waals surface area (Å²) in [6.07, 6.45) is -3.78. The lowest BCUT2D eigenvalue weighted by atomic mass is 10.3. The lowest BCUT2D eigenvalue weighted by molar-refractivity contribution is -0.150. The van der Waals surface area contributed by atoms with E-state index in [1.165, 1.54) is 12.4 Å². The number of nitrogens with zero attached hydrogens (tertiary/aromatic N) is 2. The summed E-state index contributed by atoms with van der Waals surface area (Å²) in [7, 11) is 0. The van der Waals surface area contributed by atoms with Crippen LogP contribution in [0, 0.1) is 0 Å². The molecule has 2 rings (SSSR count). The SMILES string of the molecule is O=C(CC(F)(F)F)Nc1cnc(Oc2ccccc2)nc1. The van der Waals surface area contributed by atoms with E-state index in [0.29, 0.717) is 5.75 Å². The highest BCUT2D eigenvalue weighted by Gasteiger charge is 2.31. The van der Waals surface area contributed by atoms with Crippen molar-refractivity contribution < 1.29 is 22.7 Å². The average Bonchev–Trinajstić information content (AvgIpc) is 2.40. The topological polar surface area (TPSA) is 64.1 Å². The number of nitrogens with one attached hydrogen (secondary N) is 1. The number of aromatic nitrogens is 2. The van der Waals surface area contributed by atoms with E-state index >= 15 is 0 Å². The van der Waals surface area contributed by atoms with Gasteiger partial charge in [-0.25, -0.2) is 9.97 Å². The van der Waals surface area contributed by atoms with Gasteiger partial charge in [0, 0.05) is 0 Å². The van der Waals surface area contributed by atoms with Crippen LogP contribution in [0.15, 0.2) is 42.7 Å². The molecule has 0 bridgehead atoms. The Kier molecular flexibility index (Phi) is 4.36. The molecule has 2 aromatic rings. The second kappa shape index (κ2) is 6.21. The van der Waals surface area contributed by atoms with E-state index in [9.17, 15) is 18.0 Å². The third kappa shape index (κ3) is 5.09. The number of carbonyl (C=O) groups excluding carboxylic acids is 1. The zero-order chi connectivity index (χ0) is 15.3. The van der Waals surface area contributed by atoms with Crippen LogP contribution in [0.25, 0.3) is 0 Å². The van der Waals surface area contributed by atoms with Crippen LogP contribution in [0.3, 0.4) is 0 Å². The maximum absolute atomic E-state index is 12.0. The molecule has 0 saturated heterocycles. The predicted molar refractivity (Wildman–Crippen MR) is 67.8 cm³/mol. The van der Waals surface area contributed by atoms with Gasteiger partial charge in [-0.1, -0.05) is 18.2 Å². The molecule has 0 atom stereocenters. The zero-order valence-electron chi connectivity index (χ0n) is 10.6. The van der Waals surface area contributed by atoms with Crippen molar-refractivity contribution >= 4 is 11.6 Å². The molecule has 21 heavy (non-hydrogen) atoms. The van der Waals surface area contributed by atoms with Gasteiger partial charge in [0.2, 0.25) is 5.91 Å². The third-order valence-electron chi connectivity index (χ3n) is 2.23. The number of rotatable bonds is 4. The quantitative estimate of drug-likeness (QED) is 0.941. The van der Waals surface area contributed by atoms with Crippen LogP contribution in [0.2, 0.25) is 0 Å². The van der Waals surface area contributed by atoms with Crippen LogP contribution < -0.4 is 10.1 Å². The largest absolute Gasteiger partial charge is 0.424 e. The minimum Gasteiger partial charge on any atom is -0.424 e. The zero-order valence-corrected chi connectivity index (χ0v) is 10.6. The first kappa shape index (κ1) is 14.8. The number of amides is 1. The number of carbonyl (C=O) groups is 1. The van der Waals surface area contributed by atoms with Gasteiger partial charge in [0.15, 0.2) is 0 Å². The van der Waals surface area contributed by atoms with Crippen molar-refractivity contribution in [2.75, 3.05) is 5.32 Å². The predicted octanol–water partition coefficient (Wildman–Crippen LogP) is 3.16. The van der Waals surface area contributed by atoms with E-state index in [1.807, 2.05) is 6.07 Å². The van der Waals surface area contributed by atoms with Crippen LogP contribution >= 0.6 is 0 Å². The van der Waals surface area contributed by atoms with Gasteiger partial charge >= 0.3 is 12.2 Å². The van der Waals surface area contributed by atoms with E-state index in [4.69, 9.17) is 4.74 Å². The van der Waals surface area contributed by atoms with Gasteiger partial charge in [0.05, 0.1) is 18.1 Å². The van der Waals surface area contributed by atoms with E-state index in [0.717, 1.165) is 0 Å². The van der Waals surface area contributed by atoms with Crippen molar-refractivity contribution in [3.63, 3.8) is 0 Å². The summed E-state index contributed by atoms with van der Waals surface area (Å²) in [5, 5.41) is 2.05. The minimum absolute atomic E-state index is 0.0232. The molecular formula is C13H10F3N3O2. The van der Waals surface area contributed by atoms with Crippen LogP contribution in [0.1, 0.15) is 6.42 Å². The van der Waals surface area contributed by atoms with Gasteiger partial charge in [0.1, 0.15) is 12.2 Å². The Morgan fingerprint density at radius 3 is 2.33 bits per heavy atom. The normalized spacial score (nSPS) is 11.0. The molecule has 5 nitrogen and oxygen atoms in total. The first-order valence-corrected chi connectivity index (χ1v) is 5.84. The fraction of sp³-hybridized carbons (Fsp3) is 0.154. The molecule has 0 aliphatic rings. The highest BCUT2D eigenvalue weighted by atomic mass is 19.4. The summed E-state index contributed by atoms with van der Waals surface area (Å²) in [6, 6.07) is 8.76. The molecule has 0 spiro atoms. The molecule has 0 saturated carbocycles. The summed E-state index contributed by atoms with van der Waals surface area (Å²) >= 11 is 0. The molecule has 1 N–H and O–H groups in total. The Labute approximate surface area is 117 Å². The maximum atomic E-state index is 12.0. The molecule has 1 heterocycles. The van der Waals surface area contributed by atoms with Gasteiger partial charge in [-0.05, 0) is 12.1 Å². The molecule has 1 amide bonds. The van der Waals surface area contributed by atoms with Crippen LogP contribution in [-0.2, 0) is 4.79 Å². The molecule has 1 aromatic heterocycles. The van der Waals surface area contributed by atoms with Gasteiger partial charge in [0.25, 0.3) is 0 Å². The molecule has 0 aliphatic carbocycles. The average molecular weight is 297 g/mol. The monoisotopic (exact) mass is 297 g/mol. The van der Waals surface area contributed by atoms with Crippen molar-refractivity contribution in [1.82, 2.24) is 9.97 Å². The van der Waals surface area contributed by atoms with Crippen molar-refractivity contribution in [2.24, 2.45) is 0 Å². The Morgan fingerprint density at radius 1 is 1.14 bits per heavy atom. The summed E-state index contributed by atoms with van der Waals surface area (Å²) < 4.78 is 41.3. The fourth-order valence-corrected chi connectivity index (χ4v) is 1.41. The molecule has 110 valence electrons. The van der Waals surface area contributed by atoms with E-state index < -0.39 is 18.5 Å². The van der Waals surface area contributed by atoms with E-state index in [2.05, 4.69) is 15.3 Å². The summed E-state index contributed by atoms with van der Waals surface area (Å²) in [5.74, 6) is -0.658. The maximum Gasteiger partial charge on any atom is 0.397 e. The van der Waals surface area contributed by atoms with E-state index in [1.54, 1.807) is 24.3 Å². The Hall–Kier alpha value is -2.64. The van der Waals surface area contributed by atoms with Gasteiger partial charge in [-0.3, -0.25) is 4.79 Å². The molecule has 0 unspecified atom stereocenters. The molecule has 0 fully saturated rings. The first-order valence-electron chi connectivity index (χ1n) is 5.84. The van der Waals surface area contributed by atoms with Gasteiger partial charge in [-0.15, -0.1) is 0 Å². The summed E-state index contributed by atoms with van der Waals surface area (Å²) in [6.45, 7) is 0. The number of hydrogen-bond donors (Lipinski definition) is 1. The van der Waals surface area contributed by atoms with Crippen molar-refractivity contribution in [1.29, 1.82) is 0 Å².